The van der Waals surface area contributed by atoms with E-state index in [1.165, 1.54) is 18.9 Å². The molecule has 0 aliphatic carbocycles. The Hall–Kier alpha value is -1.83. The van der Waals surface area contributed by atoms with Gasteiger partial charge in [-0.05, 0) is 12.8 Å². The highest BCUT2D eigenvalue weighted by atomic mass is 32.2. The van der Waals surface area contributed by atoms with Crippen LogP contribution in [0.2, 0.25) is 0 Å². The highest BCUT2D eigenvalue weighted by Gasteiger charge is 2.22. The molecule has 0 aromatic carbocycles. The van der Waals surface area contributed by atoms with E-state index >= 15 is 0 Å². The fraction of sp³-hybridized carbons (Fsp3) is 0.538. The molecule has 0 fully saturated rings. The van der Waals surface area contributed by atoms with Crippen molar-refractivity contribution in [1.82, 2.24) is 19.6 Å². The first-order chi connectivity index (χ1) is 10.1. The van der Waals surface area contributed by atoms with Crippen molar-refractivity contribution in [3.63, 3.8) is 0 Å². The quantitative estimate of drug-likeness (QED) is 0.641. The minimum atomic E-state index is -0.344. The van der Waals surface area contributed by atoms with Gasteiger partial charge in [0.25, 0.3) is 5.56 Å². The monoisotopic (exact) mass is 310 g/mol. The molecule has 0 spiro atoms. The topological polar surface area (TPSA) is 89.4 Å². The van der Waals surface area contributed by atoms with Crippen molar-refractivity contribution in [2.24, 2.45) is 0 Å². The van der Waals surface area contributed by atoms with Crippen LogP contribution in [0.5, 0.6) is 0 Å². The molecule has 1 N–H and O–H groups in total. The maximum atomic E-state index is 11.7. The zero-order valence-electron chi connectivity index (χ0n) is 12.3. The molecule has 0 unspecified atom stereocenters. The van der Waals surface area contributed by atoms with E-state index in [0.29, 0.717) is 17.4 Å². The van der Waals surface area contributed by atoms with Crippen LogP contribution in [0.25, 0.3) is 5.78 Å². The smallest absolute Gasteiger partial charge is 0.319 e. The number of hydrogen-bond donors (Lipinski definition) is 1. The summed E-state index contributed by atoms with van der Waals surface area (Å²) in [4.78, 5) is 26.0. The summed E-state index contributed by atoms with van der Waals surface area (Å²) in [5.41, 5.74) is 0.637. The van der Waals surface area contributed by atoms with E-state index in [1.807, 2.05) is 13.8 Å². The van der Waals surface area contributed by atoms with Gasteiger partial charge in [0.15, 0.2) is 5.16 Å². The fourth-order valence-electron chi connectivity index (χ4n) is 2.05. The normalized spacial score (nSPS) is 12.5. The molecule has 2 rings (SSSR count). The fourth-order valence-corrected chi connectivity index (χ4v) is 3.06. The number of rotatable bonds is 6. The largest absolute Gasteiger partial charge is 0.468 e. The molecule has 7 nitrogen and oxygen atoms in total. The summed E-state index contributed by atoms with van der Waals surface area (Å²) in [6, 6.07) is 1.54. The number of carbonyl (C=O) groups is 1. The second-order valence-electron chi connectivity index (χ2n) is 4.55. The molecule has 2 aromatic rings. The molecule has 2 heterocycles. The average molecular weight is 310 g/mol. The first-order valence-electron chi connectivity index (χ1n) is 6.82. The van der Waals surface area contributed by atoms with Crippen LogP contribution >= 0.6 is 11.8 Å². The standard InChI is InChI=1S/C13H18N4O3S/c1-4-6-8-7-10(18)14-12-15-16-13(17(8)12)21-9(5-2)11(19)20-3/h7,9H,4-6H2,1-3H3,(H,14,15,18)/t9-/m0/s1. The summed E-state index contributed by atoms with van der Waals surface area (Å²) in [6.07, 6.45) is 2.26. The Morgan fingerprint density at radius 2 is 2.24 bits per heavy atom. The molecule has 8 heteroatoms. The van der Waals surface area contributed by atoms with Gasteiger partial charge in [0.1, 0.15) is 5.25 Å². The SMILES string of the molecule is CCCc1cc(=O)[nH]c2nnc(S[C@@H](CC)C(=O)OC)n12. The summed E-state index contributed by atoms with van der Waals surface area (Å²) in [5.74, 6) is 0.105. The number of aryl methyl sites for hydroxylation is 1. The van der Waals surface area contributed by atoms with E-state index in [0.717, 1.165) is 18.5 Å². The van der Waals surface area contributed by atoms with Crippen LogP contribution in [-0.2, 0) is 16.0 Å². The Bertz CT molecular complexity index is 694. The lowest BCUT2D eigenvalue weighted by Crippen LogP contribution is -2.18. The number of nitrogens with one attached hydrogen (secondary N) is 1. The Morgan fingerprint density at radius 1 is 1.48 bits per heavy atom. The van der Waals surface area contributed by atoms with Gasteiger partial charge in [-0.2, -0.15) is 0 Å². The third kappa shape index (κ3) is 3.26. The van der Waals surface area contributed by atoms with Crippen molar-refractivity contribution in [2.75, 3.05) is 7.11 Å². The minimum Gasteiger partial charge on any atom is -0.468 e. The molecule has 1 atom stereocenters. The molecule has 2 aromatic heterocycles. The zero-order chi connectivity index (χ0) is 15.4. The van der Waals surface area contributed by atoms with Crippen LogP contribution in [0.4, 0.5) is 0 Å². The van der Waals surface area contributed by atoms with Crippen molar-refractivity contribution >= 4 is 23.5 Å². The predicted octanol–water partition coefficient (Wildman–Crippen LogP) is 1.41. The lowest BCUT2D eigenvalue weighted by atomic mass is 10.2. The first-order valence-corrected chi connectivity index (χ1v) is 7.70. The summed E-state index contributed by atoms with van der Waals surface area (Å²) >= 11 is 1.30. The highest BCUT2D eigenvalue weighted by Crippen LogP contribution is 2.25. The molecule has 114 valence electrons. The van der Waals surface area contributed by atoms with Crippen LogP contribution < -0.4 is 5.56 Å². The van der Waals surface area contributed by atoms with Crippen LogP contribution in [0.1, 0.15) is 32.4 Å². The van der Waals surface area contributed by atoms with Crippen LogP contribution in [0.15, 0.2) is 16.0 Å². The van der Waals surface area contributed by atoms with Gasteiger partial charge in [0, 0.05) is 11.8 Å². The number of aromatic nitrogens is 4. The summed E-state index contributed by atoms with van der Waals surface area (Å²) in [7, 11) is 1.37. The first kappa shape index (κ1) is 15.6. The van der Waals surface area contributed by atoms with Crippen molar-refractivity contribution in [3.8, 4) is 0 Å². The van der Waals surface area contributed by atoms with E-state index in [1.54, 1.807) is 10.5 Å². The number of esters is 1. The predicted molar refractivity (Wildman–Crippen MR) is 79.6 cm³/mol. The van der Waals surface area contributed by atoms with Gasteiger partial charge in [-0.15, -0.1) is 10.2 Å². The van der Waals surface area contributed by atoms with Crippen molar-refractivity contribution in [1.29, 1.82) is 0 Å². The third-order valence-corrected chi connectivity index (χ3v) is 4.33. The molecular weight excluding hydrogens is 292 g/mol. The zero-order valence-corrected chi connectivity index (χ0v) is 13.1. The Labute approximate surface area is 126 Å². The third-order valence-electron chi connectivity index (χ3n) is 3.04. The Balaban J connectivity index is 2.45. The average Bonchev–Trinajstić information content (AvgIpc) is 2.87. The second-order valence-corrected chi connectivity index (χ2v) is 5.72. The Morgan fingerprint density at radius 3 is 2.86 bits per heavy atom. The molecule has 0 saturated carbocycles. The second kappa shape index (κ2) is 6.75. The number of hydrogen-bond acceptors (Lipinski definition) is 6. The molecule has 0 amide bonds. The number of thioether (sulfide) groups is 1. The van der Waals surface area contributed by atoms with Crippen LogP contribution in [0.3, 0.4) is 0 Å². The molecule has 0 aliphatic heterocycles. The van der Waals surface area contributed by atoms with Gasteiger partial charge >= 0.3 is 5.97 Å². The summed E-state index contributed by atoms with van der Waals surface area (Å²) < 4.78 is 6.58. The number of ether oxygens (including phenoxy) is 1. The summed E-state index contributed by atoms with van der Waals surface area (Å²) in [5, 5.41) is 8.30. The molecule has 0 aliphatic rings. The molecule has 0 saturated heterocycles. The lowest BCUT2D eigenvalue weighted by Gasteiger charge is -2.11. The Kier molecular flexibility index (Phi) is 5.00. The minimum absolute atomic E-state index is 0.199. The molecule has 0 bridgehead atoms. The van der Waals surface area contributed by atoms with Gasteiger partial charge in [-0.3, -0.25) is 19.0 Å². The van der Waals surface area contributed by atoms with E-state index in [2.05, 4.69) is 15.2 Å². The molecular formula is C13H18N4O3S. The van der Waals surface area contributed by atoms with Crippen molar-refractivity contribution in [2.45, 2.75) is 43.5 Å². The van der Waals surface area contributed by atoms with Gasteiger partial charge in [0.2, 0.25) is 5.78 Å². The van der Waals surface area contributed by atoms with Crippen LogP contribution in [0, 0.1) is 0 Å². The molecule has 0 radical (unpaired) electrons. The highest BCUT2D eigenvalue weighted by molar-refractivity contribution is 8.00. The van der Waals surface area contributed by atoms with Gasteiger partial charge in [0.05, 0.1) is 7.11 Å². The van der Waals surface area contributed by atoms with Gasteiger partial charge < -0.3 is 4.74 Å². The number of H-pyrrole nitrogens is 1. The number of methoxy groups -OCH3 is 1. The maximum Gasteiger partial charge on any atom is 0.319 e. The number of carbonyl (C=O) groups excluding carboxylic acids is 1. The van der Waals surface area contributed by atoms with E-state index in [9.17, 15) is 9.59 Å². The molecule has 21 heavy (non-hydrogen) atoms. The van der Waals surface area contributed by atoms with Gasteiger partial charge in [-0.1, -0.05) is 32.0 Å². The lowest BCUT2D eigenvalue weighted by molar-refractivity contribution is -0.140. The number of aromatic amines is 1. The van der Waals surface area contributed by atoms with Crippen molar-refractivity contribution < 1.29 is 9.53 Å². The van der Waals surface area contributed by atoms with Crippen molar-refractivity contribution in [3.05, 3.63) is 22.1 Å². The van der Waals surface area contributed by atoms with E-state index < -0.39 is 0 Å². The van der Waals surface area contributed by atoms with Crippen LogP contribution in [-0.4, -0.2) is 37.9 Å². The number of fused-ring (bicyclic) bond motifs is 1. The summed E-state index contributed by atoms with van der Waals surface area (Å²) in [6.45, 7) is 3.94. The van der Waals surface area contributed by atoms with Gasteiger partial charge in [-0.25, -0.2) is 0 Å². The number of nitrogens with zero attached hydrogens (tertiary/aromatic N) is 3. The van der Waals surface area contributed by atoms with E-state index in [-0.39, 0.29) is 16.8 Å². The maximum absolute atomic E-state index is 11.7. The van der Waals surface area contributed by atoms with E-state index in [4.69, 9.17) is 4.74 Å².